The van der Waals surface area contributed by atoms with Gasteiger partial charge in [-0.1, -0.05) is 6.07 Å². The number of hydrogen-bond donors (Lipinski definition) is 0. The molecule has 2 heterocycles. The molecule has 0 unspecified atom stereocenters. The molecule has 0 aromatic carbocycles. The number of pyridine rings is 1. The third-order valence-corrected chi connectivity index (χ3v) is 3.14. The number of carbonyl (C=O) groups excluding carboxylic acids is 1. The molecule has 3 heteroatoms. The van der Waals surface area contributed by atoms with Gasteiger partial charge in [-0.05, 0) is 31.4 Å². The Balaban J connectivity index is 1.99. The highest BCUT2D eigenvalue weighted by molar-refractivity contribution is 5.83. The van der Waals surface area contributed by atoms with Gasteiger partial charge < -0.3 is 4.74 Å². The molecule has 0 atom stereocenters. The van der Waals surface area contributed by atoms with Crippen molar-refractivity contribution in [3.05, 3.63) is 29.6 Å². The second-order valence-electron chi connectivity index (χ2n) is 4.30. The lowest BCUT2D eigenvalue weighted by Gasteiger charge is -2.20. The Labute approximate surface area is 95.8 Å². The lowest BCUT2D eigenvalue weighted by molar-refractivity contribution is -0.125. The van der Waals surface area contributed by atoms with E-state index in [9.17, 15) is 4.79 Å². The molecule has 1 aromatic rings. The van der Waals surface area contributed by atoms with Crippen molar-refractivity contribution in [1.29, 1.82) is 0 Å². The summed E-state index contributed by atoms with van der Waals surface area (Å²) in [5, 5.41) is 0. The van der Waals surface area contributed by atoms with Crippen LogP contribution in [0.25, 0.3) is 0 Å². The van der Waals surface area contributed by atoms with Crippen molar-refractivity contribution in [2.24, 2.45) is 5.92 Å². The molecule has 1 aromatic heterocycles. The van der Waals surface area contributed by atoms with Gasteiger partial charge in [0, 0.05) is 31.7 Å². The van der Waals surface area contributed by atoms with E-state index in [4.69, 9.17) is 4.74 Å². The molecule has 0 radical (unpaired) electrons. The summed E-state index contributed by atoms with van der Waals surface area (Å²) in [4.78, 5) is 16.3. The Bertz CT molecular complexity index is 370. The first-order valence-corrected chi connectivity index (χ1v) is 5.78. The Kier molecular flexibility index (Phi) is 3.67. The van der Waals surface area contributed by atoms with Gasteiger partial charge in [0.2, 0.25) is 0 Å². The highest BCUT2D eigenvalue weighted by Crippen LogP contribution is 2.18. The predicted octanol–water partition coefficient (Wildman–Crippen LogP) is 1.93. The number of carbonyl (C=O) groups is 1. The number of aromatic nitrogens is 1. The maximum Gasteiger partial charge on any atom is 0.142 e. The van der Waals surface area contributed by atoms with Crippen LogP contribution < -0.4 is 0 Å². The van der Waals surface area contributed by atoms with Crippen LogP contribution in [0.3, 0.4) is 0 Å². The maximum atomic E-state index is 12.0. The number of ether oxygens (including phenoxy) is 1. The maximum absolute atomic E-state index is 12.0. The van der Waals surface area contributed by atoms with E-state index in [0.717, 1.165) is 37.3 Å². The van der Waals surface area contributed by atoms with Crippen molar-refractivity contribution in [2.75, 3.05) is 13.2 Å². The summed E-state index contributed by atoms with van der Waals surface area (Å²) in [5.41, 5.74) is 2.02. The van der Waals surface area contributed by atoms with Gasteiger partial charge in [-0.2, -0.15) is 0 Å². The minimum atomic E-state index is 0.176. The number of ketones is 1. The summed E-state index contributed by atoms with van der Waals surface area (Å²) in [6.07, 6.45) is 3.95. The van der Waals surface area contributed by atoms with Gasteiger partial charge in [0.15, 0.2) is 0 Å². The average Bonchev–Trinajstić information content (AvgIpc) is 2.33. The van der Waals surface area contributed by atoms with Crippen molar-refractivity contribution >= 4 is 5.78 Å². The van der Waals surface area contributed by atoms with Crippen LogP contribution in [0, 0.1) is 12.8 Å². The van der Waals surface area contributed by atoms with Gasteiger partial charge in [0.05, 0.1) is 5.69 Å². The summed E-state index contributed by atoms with van der Waals surface area (Å²) in [5.74, 6) is 0.486. The van der Waals surface area contributed by atoms with Gasteiger partial charge in [-0.15, -0.1) is 0 Å². The molecule has 3 nitrogen and oxygen atoms in total. The monoisotopic (exact) mass is 219 g/mol. The fourth-order valence-corrected chi connectivity index (χ4v) is 2.03. The molecule has 1 saturated heterocycles. The minimum Gasteiger partial charge on any atom is -0.381 e. The molecule has 0 saturated carbocycles. The zero-order chi connectivity index (χ0) is 11.4. The average molecular weight is 219 g/mol. The lowest BCUT2D eigenvalue weighted by atomic mass is 9.92. The molecule has 1 fully saturated rings. The first-order valence-electron chi connectivity index (χ1n) is 5.78. The molecule has 1 aliphatic rings. The van der Waals surface area contributed by atoms with Crippen LogP contribution in [0.1, 0.15) is 24.1 Å². The molecule has 0 aliphatic carbocycles. The lowest BCUT2D eigenvalue weighted by Crippen LogP contribution is -2.25. The van der Waals surface area contributed by atoms with Crippen LogP contribution in [-0.2, 0) is 16.0 Å². The van der Waals surface area contributed by atoms with E-state index in [-0.39, 0.29) is 5.92 Å². The van der Waals surface area contributed by atoms with Crippen LogP contribution in [0.15, 0.2) is 18.3 Å². The molecule has 0 bridgehead atoms. The van der Waals surface area contributed by atoms with Gasteiger partial charge in [0.25, 0.3) is 0 Å². The van der Waals surface area contributed by atoms with Crippen LogP contribution in [-0.4, -0.2) is 24.0 Å². The third-order valence-electron chi connectivity index (χ3n) is 3.14. The van der Waals surface area contributed by atoms with Crippen LogP contribution >= 0.6 is 0 Å². The molecular weight excluding hydrogens is 202 g/mol. The Morgan fingerprint density at radius 3 is 2.94 bits per heavy atom. The summed E-state index contributed by atoms with van der Waals surface area (Å²) in [6, 6.07) is 3.90. The normalized spacial score (nSPS) is 17.3. The van der Waals surface area contributed by atoms with E-state index >= 15 is 0 Å². The Morgan fingerprint density at radius 1 is 1.50 bits per heavy atom. The Hall–Kier alpha value is -1.22. The molecule has 1 aliphatic heterocycles. The molecular formula is C13H17NO2. The summed E-state index contributed by atoms with van der Waals surface area (Å²) in [6.45, 7) is 3.44. The van der Waals surface area contributed by atoms with Gasteiger partial charge in [-0.25, -0.2) is 0 Å². The second-order valence-corrected chi connectivity index (χ2v) is 4.30. The number of hydrogen-bond acceptors (Lipinski definition) is 3. The minimum absolute atomic E-state index is 0.176. The van der Waals surface area contributed by atoms with Crippen LogP contribution in [0.2, 0.25) is 0 Å². The van der Waals surface area contributed by atoms with Gasteiger partial charge >= 0.3 is 0 Å². The highest BCUT2D eigenvalue weighted by Gasteiger charge is 2.22. The quantitative estimate of drug-likeness (QED) is 0.779. The van der Waals surface area contributed by atoms with Crippen LogP contribution in [0.5, 0.6) is 0 Å². The molecule has 86 valence electrons. The van der Waals surface area contributed by atoms with Crippen molar-refractivity contribution in [3.8, 4) is 0 Å². The molecule has 16 heavy (non-hydrogen) atoms. The van der Waals surface area contributed by atoms with Crippen molar-refractivity contribution in [1.82, 2.24) is 4.98 Å². The number of Topliss-reactive ketones (excluding diaryl/α,β-unsaturated/α-hetero) is 1. The first-order chi connectivity index (χ1) is 7.77. The van der Waals surface area contributed by atoms with E-state index in [0.29, 0.717) is 12.2 Å². The second kappa shape index (κ2) is 5.21. The van der Waals surface area contributed by atoms with E-state index in [1.807, 2.05) is 19.1 Å². The number of rotatable bonds is 3. The van der Waals surface area contributed by atoms with E-state index in [1.165, 1.54) is 0 Å². The first kappa shape index (κ1) is 11.3. The number of aryl methyl sites for hydroxylation is 1. The van der Waals surface area contributed by atoms with E-state index in [2.05, 4.69) is 4.98 Å². The fourth-order valence-electron chi connectivity index (χ4n) is 2.03. The SMILES string of the molecule is Cc1cccnc1CC(=O)C1CCOCC1. The Morgan fingerprint density at radius 2 is 2.25 bits per heavy atom. The largest absolute Gasteiger partial charge is 0.381 e. The summed E-state index contributed by atoms with van der Waals surface area (Å²) >= 11 is 0. The molecule has 0 amide bonds. The van der Waals surface area contributed by atoms with E-state index in [1.54, 1.807) is 6.20 Å². The third kappa shape index (κ3) is 2.67. The van der Waals surface area contributed by atoms with E-state index < -0.39 is 0 Å². The number of nitrogens with zero attached hydrogens (tertiary/aromatic N) is 1. The smallest absolute Gasteiger partial charge is 0.142 e. The predicted molar refractivity (Wildman–Crippen MR) is 61.2 cm³/mol. The summed E-state index contributed by atoms with van der Waals surface area (Å²) < 4.78 is 5.26. The highest BCUT2D eigenvalue weighted by atomic mass is 16.5. The zero-order valence-corrected chi connectivity index (χ0v) is 9.61. The van der Waals surface area contributed by atoms with Crippen molar-refractivity contribution < 1.29 is 9.53 Å². The topological polar surface area (TPSA) is 39.2 Å². The van der Waals surface area contributed by atoms with Gasteiger partial charge in [0.1, 0.15) is 5.78 Å². The molecule has 0 N–H and O–H groups in total. The van der Waals surface area contributed by atoms with Crippen molar-refractivity contribution in [3.63, 3.8) is 0 Å². The molecule has 2 rings (SSSR count). The zero-order valence-electron chi connectivity index (χ0n) is 9.61. The molecule has 0 spiro atoms. The van der Waals surface area contributed by atoms with Crippen LogP contribution in [0.4, 0.5) is 0 Å². The standard InChI is InChI=1S/C13H17NO2/c1-10-3-2-6-14-12(10)9-13(15)11-4-7-16-8-5-11/h2-3,6,11H,4-5,7-9H2,1H3. The fraction of sp³-hybridized carbons (Fsp3) is 0.538. The van der Waals surface area contributed by atoms with Crippen molar-refractivity contribution in [2.45, 2.75) is 26.2 Å². The van der Waals surface area contributed by atoms with Gasteiger partial charge in [-0.3, -0.25) is 9.78 Å². The summed E-state index contributed by atoms with van der Waals surface area (Å²) in [7, 11) is 0.